The Labute approximate surface area is 189 Å². The van der Waals surface area contributed by atoms with Crippen LogP contribution in [0, 0.1) is 0 Å². The molecular weight excluding hydrogens is 392 g/mol. The molecule has 2 nitrogen and oxygen atoms in total. The summed E-state index contributed by atoms with van der Waals surface area (Å²) in [6, 6.07) is 35.9. The molecule has 1 aliphatic rings. The third-order valence-electron chi connectivity index (χ3n) is 6.04. The summed E-state index contributed by atoms with van der Waals surface area (Å²) in [6.45, 7) is 0.570. The summed E-state index contributed by atoms with van der Waals surface area (Å²) in [6.07, 6.45) is 2.02. The van der Waals surface area contributed by atoms with Crippen molar-refractivity contribution < 1.29 is 9.47 Å². The number of aryl methyl sites for hydroxylation is 1. The van der Waals surface area contributed by atoms with E-state index in [2.05, 4.69) is 84.9 Å². The molecule has 0 amide bonds. The molecule has 0 N–H and O–H groups in total. The van der Waals surface area contributed by atoms with Gasteiger partial charge in [-0.05, 0) is 76.1 Å². The molecule has 1 aliphatic carbocycles. The van der Waals surface area contributed by atoms with E-state index in [1.807, 2.05) is 18.2 Å². The van der Waals surface area contributed by atoms with Gasteiger partial charge in [0.15, 0.2) is 0 Å². The molecule has 0 heterocycles. The first-order valence-corrected chi connectivity index (χ1v) is 11.0. The molecule has 32 heavy (non-hydrogen) atoms. The van der Waals surface area contributed by atoms with Gasteiger partial charge in [-0.2, -0.15) is 0 Å². The Morgan fingerprint density at radius 2 is 1.34 bits per heavy atom. The molecule has 5 rings (SSSR count). The van der Waals surface area contributed by atoms with E-state index in [4.69, 9.17) is 9.47 Å². The van der Waals surface area contributed by atoms with Crippen LogP contribution in [0.1, 0.15) is 34.2 Å². The Morgan fingerprint density at radius 3 is 2.06 bits per heavy atom. The van der Waals surface area contributed by atoms with E-state index < -0.39 is 0 Å². The zero-order chi connectivity index (χ0) is 21.8. The molecule has 0 saturated carbocycles. The van der Waals surface area contributed by atoms with E-state index in [0.29, 0.717) is 6.61 Å². The molecule has 4 aromatic carbocycles. The summed E-state index contributed by atoms with van der Waals surface area (Å²) < 4.78 is 11.5. The highest BCUT2D eigenvalue weighted by Crippen LogP contribution is 2.42. The second-order valence-corrected chi connectivity index (χ2v) is 8.04. The number of hydrogen-bond acceptors (Lipinski definition) is 2. The monoisotopic (exact) mass is 418 g/mol. The van der Waals surface area contributed by atoms with Gasteiger partial charge >= 0.3 is 0 Å². The summed E-state index contributed by atoms with van der Waals surface area (Å²) in [5.41, 5.74) is 8.98. The lowest BCUT2D eigenvalue weighted by Crippen LogP contribution is -2.06. The molecule has 0 saturated heterocycles. The second kappa shape index (κ2) is 9.15. The number of rotatable bonds is 6. The SMILES string of the molecule is COc1ccc2c(c1)CCC(c1ccccc1)=C2c1ccc(OCc2ccccc2)cc1. The number of methoxy groups -OCH3 is 1. The van der Waals surface area contributed by atoms with Gasteiger partial charge in [-0.15, -0.1) is 0 Å². The molecule has 0 spiro atoms. The van der Waals surface area contributed by atoms with Crippen LogP contribution < -0.4 is 9.47 Å². The zero-order valence-electron chi connectivity index (χ0n) is 18.3. The van der Waals surface area contributed by atoms with Crippen LogP contribution in [0.25, 0.3) is 11.1 Å². The van der Waals surface area contributed by atoms with E-state index in [-0.39, 0.29) is 0 Å². The van der Waals surface area contributed by atoms with Crippen molar-refractivity contribution >= 4 is 11.1 Å². The van der Waals surface area contributed by atoms with Crippen LogP contribution in [0.4, 0.5) is 0 Å². The van der Waals surface area contributed by atoms with E-state index >= 15 is 0 Å². The summed E-state index contributed by atoms with van der Waals surface area (Å²) in [7, 11) is 1.73. The van der Waals surface area contributed by atoms with Crippen LogP contribution in [-0.4, -0.2) is 7.11 Å². The Hall–Kier alpha value is -3.78. The summed E-state index contributed by atoms with van der Waals surface area (Å²) >= 11 is 0. The predicted molar refractivity (Wildman–Crippen MR) is 131 cm³/mol. The fraction of sp³-hybridized carbons (Fsp3) is 0.133. The number of benzene rings is 4. The molecule has 158 valence electrons. The first-order valence-electron chi connectivity index (χ1n) is 11.0. The van der Waals surface area contributed by atoms with Gasteiger partial charge in [0.2, 0.25) is 0 Å². The van der Waals surface area contributed by atoms with Crippen LogP contribution in [0.15, 0.2) is 103 Å². The van der Waals surface area contributed by atoms with Crippen LogP contribution >= 0.6 is 0 Å². The van der Waals surface area contributed by atoms with Crippen molar-refractivity contribution in [2.45, 2.75) is 19.4 Å². The smallest absolute Gasteiger partial charge is 0.119 e. The number of allylic oxidation sites excluding steroid dienone is 1. The third-order valence-corrected chi connectivity index (χ3v) is 6.04. The Kier molecular flexibility index (Phi) is 5.76. The molecule has 4 aromatic rings. The minimum Gasteiger partial charge on any atom is -0.497 e. The Bertz CT molecular complexity index is 1220. The van der Waals surface area contributed by atoms with Gasteiger partial charge in [-0.3, -0.25) is 0 Å². The third kappa shape index (κ3) is 4.17. The number of fused-ring (bicyclic) bond motifs is 1. The maximum Gasteiger partial charge on any atom is 0.119 e. The topological polar surface area (TPSA) is 18.5 Å². The van der Waals surface area contributed by atoms with Gasteiger partial charge in [0, 0.05) is 0 Å². The highest BCUT2D eigenvalue weighted by atomic mass is 16.5. The van der Waals surface area contributed by atoms with Gasteiger partial charge in [0.05, 0.1) is 7.11 Å². The molecular formula is C30H26O2. The second-order valence-electron chi connectivity index (χ2n) is 8.04. The zero-order valence-corrected chi connectivity index (χ0v) is 18.3. The maximum atomic E-state index is 6.01. The first kappa shape index (κ1) is 20.1. The van der Waals surface area contributed by atoms with Crippen molar-refractivity contribution in [2.75, 3.05) is 7.11 Å². The van der Waals surface area contributed by atoms with Gasteiger partial charge < -0.3 is 9.47 Å². The molecule has 0 bridgehead atoms. The summed E-state index contributed by atoms with van der Waals surface area (Å²) in [5.74, 6) is 1.79. The average Bonchev–Trinajstić information content (AvgIpc) is 2.88. The molecule has 0 atom stereocenters. The summed E-state index contributed by atoms with van der Waals surface area (Å²) in [5, 5.41) is 0. The molecule has 0 unspecified atom stereocenters. The van der Waals surface area contributed by atoms with Crippen molar-refractivity contribution in [3.05, 3.63) is 131 Å². The lowest BCUT2D eigenvalue weighted by Gasteiger charge is -2.25. The van der Waals surface area contributed by atoms with E-state index in [0.717, 1.165) is 24.3 Å². The van der Waals surface area contributed by atoms with E-state index in [1.54, 1.807) is 7.11 Å². The fourth-order valence-electron chi connectivity index (χ4n) is 4.41. The predicted octanol–water partition coefficient (Wildman–Crippen LogP) is 7.18. The van der Waals surface area contributed by atoms with Crippen LogP contribution in [0.3, 0.4) is 0 Å². The van der Waals surface area contributed by atoms with E-state index in [9.17, 15) is 0 Å². The lowest BCUT2D eigenvalue weighted by molar-refractivity contribution is 0.306. The largest absolute Gasteiger partial charge is 0.497 e. The average molecular weight is 419 g/mol. The number of hydrogen-bond donors (Lipinski definition) is 0. The summed E-state index contributed by atoms with van der Waals surface area (Å²) in [4.78, 5) is 0. The van der Waals surface area contributed by atoms with Crippen LogP contribution in [0.5, 0.6) is 11.5 Å². The van der Waals surface area contributed by atoms with Gasteiger partial charge in [-0.25, -0.2) is 0 Å². The molecule has 0 radical (unpaired) electrons. The number of ether oxygens (including phenoxy) is 2. The van der Waals surface area contributed by atoms with Gasteiger partial charge in [-0.1, -0.05) is 78.9 Å². The lowest BCUT2D eigenvalue weighted by atomic mass is 9.79. The van der Waals surface area contributed by atoms with Gasteiger partial charge in [0.25, 0.3) is 0 Å². The molecule has 0 aromatic heterocycles. The van der Waals surface area contributed by atoms with Crippen LogP contribution in [0.2, 0.25) is 0 Å². The Morgan fingerprint density at radius 1 is 0.656 bits per heavy atom. The van der Waals surface area contributed by atoms with Crippen molar-refractivity contribution in [2.24, 2.45) is 0 Å². The minimum atomic E-state index is 0.570. The van der Waals surface area contributed by atoms with Crippen LogP contribution in [-0.2, 0) is 13.0 Å². The van der Waals surface area contributed by atoms with Crippen molar-refractivity contribution in [1.82, 2.24) is 0 Å². The Balaban J connectivity index is 1.51. The maximum absolute atomic E-state index is 6.01. The standard InChI is InChI=1S/C30H26O2/c1-31-27-17-19-29-25(20-27)14-18-28(23-10-6-3-7-11-23)30(29)24-12-15-26(16-13-24)32-21-22-8-4-2-5-9-22/h2-13,15-17,19-20H,14,18,21H2,1H3. The first-order chi connectivity index (χ1) is 15.8. The van der Waals surface area contributed by atoms with Crippen molar-refractivity contribution in [3.63, 3.8) is 0 Å². The van der Waals surface area contributed by atoms with Crippen molar-refractivity contribution in [3.8, 4) is 11.5 Å². The highest BCUT2D eigenvalue weighted by Gasteiger charge is 2.22. The quantitative estimate of drug-likeness (QED) is 0.330. The van der Waals surface area contributed by atoms with Crippen molar-refractivity contribution in [1.29, 1.82) is 0 Å². The fourth-order valence-corrected chi connectivity index (χ4v) is 4.41. The molecule has 2 heteroatoms. The normalized spacial score (nSPS) is 12.9. The molecule has 0 fully saturated rings. The van der Waals surface area contributed by atoms with E-state index in [1.165, 1.54) is 39.0 Å². The highest BCUT2D eigenvalue weighted by molar-refractivity contribution is 6.00. The molecule has 0 aliphatic heterocycles. The minimum absolute atomic E-state index is 0.570. The van der Waals surface area contributed by atoms with Gasteiger partial charge in [0.1, 0.15) is 18.1 Å².